The average molecular weight is 388 g/mol. The Morgan fingerprint density at radius 2 is 1.62 bits per heavy atom. The molecule has 0 atom stereocenters. The van der Waals surface area contributed by atoms with Crippen molar-refractivity contribution < 1.29 is 4.79 Å². The van der Waals surface area contributed by atoms with E-state index in [1.165, 1.54) is 11.3 Å². The van der Waals surface area contributed by atoms with E-state index in [0.717, 1.165) is 37.1 Å². The van der Waals surface area contributed by atoms with Crippen LogP contribution >= 0.6 is 15.9 Å². The zero-order valence-corrected chi connectivity index (χ0v) is 15.2. The molecule has 0 aromatic heterocycles. The van der Waals surface area contributed by atoms with Gasteiger partial charge in [-0.2, -0.15) is 0 Å². The summed E-state index contributed by atoms with van der Waals surface area (Å²) in [6.07, 6.45) is 0.865. The van der Waals surface area contributed by atoms with Gasteiger partial charge in [-0.25, -0.2) is 4.79 Å². The predicted octanol–water partition coefficient (Wildman–Crippen LogP) is 3.52. The Balaban J connectivity index is 1.44. The maximum atomic E-state index is 12.3. The lowest BCUT2D eigenvalue weighted by atomic mass is 10.1. The average Bonchev–Trinajstić information content (AvgIpc) is 2.63. The summed E-state index contributed by atoms with van der Waals surface area (Å²) >= 11 is 3.60. The van der Waals surface area contributed by atoms with Crippen LogP contribution in [-0.2, 0) is 6.42 Å². The summed E-state index contributed by atoms with van der Waals surface area (Å²) in [6, 6.07) is 18.5. The molecule has 0 spiro atoms. The van der Waals surface area contributed by atoms with E-state index in [-0.39, 0.29) is 6.03 Å². The first kappa shape index (κ1) is 16.8. The topological polar surface area (TPSA) is 35.6 Å². The minimum absolute atomic E-state index is 0.0395. The number of hydrogen-bond acceptors (Lipinski definition) is 2. The molecule has 0 bridgehead atoms. The molecule has 1 aliphatic heterocycles. The van der Waals surface area contributed by atoms with Gasteiger partial charge in [0.2, 0.25) is 0 Å². The van der Waals surface area contributed by atoms with Crippen LogP contribution in [0.25, 0.3) is 0 Å². The molecule has 5 heteroatoms. The largest absolute Gasteiger partial charge is 0.367 e. The monoisotopic (exact) mass is 387 g/mol. The molecule has 1 N–H and O–H groups in total. The lowest BCUT2D eigenvalue weighted by Crippen LogP contribution is -2.52. The van der Waals surface area contributed by atoms with Crippen molar-refractivity contribution in [2.24, 2.45) is 0 Å². The summed E-state index contributed by atoms with van der Waals surface area (Å²) in [5.41, 5.74) is 2.44. The maximum Gasteiger partial charge on any atom is 0.317 e. The zero-order chi connectivity index (χ0) is 16.8. The molecule has 0 saturated carbocycles. The third-order valence-corrected chi connectivity index (χ3v) is 4.96. The van der Waals surface area contributed by atoms with Gasteiger partial charge in [0.15, 0.2) is 0 Å². The minimum Gasteiger partial charge on any atom is -0.367 e. The number of anilines is 1. The van der Waals surface area contributed by atoms with Crippen LogP contribution in [0.3, 0.4) is 0 Å². The maximum absolute atomic E-state index is 12.3. The number of hydrogen-bond donors (Lipinski definition) is 1. The number of benzene rings is 2. The lowest BCUT2D eigenvalue weighted by molar-refractivity contribution is 0.194. The first-order valence-electron chi connectivity index (χ1n) is 8.30. The molecule has 2 aromatic rings. The van der Waals surface area contributed by atoms with Gasteiger partial charge in [0.05, 0.1) is 5.69 Å². The molecule has 4 nitrogen and oxygen atoms in total. The quantitative estimate of drug-likeness (QED) is 0.870. The number of piperazine rings is 1. The van der Waals surface area contributed by atoms with Gasteiger partial charge in [0.25, 0.3) is 0 Å². The first-order valence-corrected chi connectivity index (χ1v) is 9.09. The molecule has 1 heterocycles. The highest BCUT2D eigenvalue weighted by Crippen LogP contribution is 2.26. The van der Waals surface area contributed by atoms with E-state index < -0.39 is 0 Å². The van der Waals surface area contributed by atoms with Crippen molar-refractivity contribution in [2.75, 3.05) is 37.6 Å². The van der Waals surface area contributed by atoms with Crippen LogP contribution in [0.15, 0.2) is 59.1 Å². The smallest absolute Gasteiger partial charge is 0.317 e. The van der Waals surface area contributed by atoms with E-state index in [9.17, 15) is 4.79 Å². The fraction of sp³-hybridized carbons (Fsp3) is 0.316. The van der Waals surface area contributed by atoms with Gasteiger partial charge in [0.1, 0.15) is 0 Å². The Labute approximate surface area is 151 Å². The van der Waals surface area contributed by atoms with Crippen molar-refractivity contribution in [1.29, 1.82) is 0 Å². The molecule has 2 aromatic carbocycles. The van der Waals surface area contributed by atoms with E-state index in [4.69, 9.17) is 0 Å². The van der Waals surface area contributed by atoms with Gasteiger partial charge in [-0.05, 0) is 40.0 Å². The number of nitrogens with one attached hydrogen (secondary N) is 1. The van der Waals surface area contributed by atoms with Crippen molar-refractivity contribution in [3.05, 3.63) is 64.6 Å². The molecule has 3 rings (SSSR count). The fourth-order valence-electron chi connectivity index (χ4n) is 2.93. The number of carbonyl (C=O) groups excluding carboxylic acids is 1. The first-order chi connectivity index (χ1) is 11.7. The van der Waals surface area contributed by atoms with Crippen molar-refractivity contribution in [2.45, 2.75) is 6.42 Å². The van der Waals surface area contributed by atoms with Gasteiger partial charge in [0, 0.05) is 37.2 Å². The predicted molar refractivity (Wildman–Crippen MR) is 101 cm³/mol. The van der Waals surface area contributed by atoms with Crippen molar-refractivity contribution in [1.82, 2.24) is 10.2 Å². The summed E-state index contributed by atoms with van der Waals surface area (Å²) < 4.78 is 1.10. The van der Waals surface area contributed by atoms with Crippen molar-refractivity contribution in [3.63, 3.8) is 0 Å². The van der Waals surface area contributed by atoms with E-state index in [2.05, 4.69) is 50.4 Å². The number of rotatable bonds is 4. The van der Waals surface area contributed by atoms with Crippen molar-refractivity contribution in [3.8, 4) is 0 Å². The number of para-hydroxylation sites is 1. The molecule has 1 saturated heterocycles. The lowest BCUT2D eigenvalue weighted by Gasteiger charge is -2.36. The number of nitrogens with zero attached hydrogens (tertiary/aromatic N) is 2. The van der Waals surface area contributed by atoms with Crippen LogP contribution < -0.4 is 10.2 Å². The molecular weight excluding hydrogens is 366 g/mol. The van der Waals surface area contributed by atoms with Gasteiger partial charge in [-0.1, -0.05) is 42.5 Å². The Hall–Kier alpha value is -2.01. The Morgan fingerprint density at radius 3 is 2.33 bits per heavy atom. The molecule has 1 aliphatic rings. The zero-order valence-electron chi connectivity index (χ0n) is 13.6. The van der Waals surface area contributed by atoms with Crippen LogP contribution in [0.5, 0.6) is 0 Å². The van der Waals surface area contributed by atoms with Crippen LogP contribution in [0.4, 0.5) is 10.5 Å². The van der Waals surface area contributed by atoms with Crippen molar-refractivity contribution >= 4 is 27.6 Å². The third-order valence-electron chi connectivity index (χ3n) is 4.29. The molecule has 0 radical (unpaired) electrons. The molecule has 0 unspecified atom stereocenters. The number of carbonyl (C=O) groups is 1. The molecule has 126 valence electrons. The van der Waals surface area contributed by atoms with Crippen LogP contribution in [0, 0.1) is 0 Å². The van der Waals surface area contributed by atoms with E-state index in [0.29, 0.717) is 6.54 Å². The summed E-state index contributed by atoms with van der Waals surface area (Å²) in [7, 11) is 0. The van der Waals surface area contributed by atoms with Gasteiger partial charge >= 0.3 is 6.03 Å². The molecule has 24 heavy (non-hydrogen) atoms. The standard InChI is InChI=1S/C19H22BrN3O/c20-17-8-4-5-9-18(17)22-12-14-23(15-13-22)19(24)21-11-10-16-6-2-1-3-7-16/h1-9H,10-15H2,(H,21,24). The fourth-order valence-corrected chi connectivity index (χ4v) is 3.46. The van der Waals surface area contributed by atoms with Gasteiger partial charge < -0.3 is 15.1 Å². The Morgan fingerprint density at radius 1 is 0.958 bits per heavy atom. The highest BCUT2D eigenvalue weighted by atomic mass is 79.9. The summed E-state index contributed by atoms with van der Waals surface area (Å²) in [5, 5.41) is 3.03. The van der Waals surface area contributed by atoms with Crippen LogP contribution in [-0.4, -0.2) is 43.7 Å². The second-order valence-electron chi connectivity index (χ2n) is 5.89. The molecule has 2 amide bonds. The minimum atomic E-state index is 0.0395. The third kappa shape index (κ3) is 4.29. The summed E-state index contributed by atoms with van der Waals surface area (Å²) in [6.45, 7) is 3.88. The van der Waals surface area contributed by atoms with Gasteiger partial charge in [-0.3, -0.25) is 0 Å². The Kier molecular flexibility index (Phi) is 5.75. The molecule has 0 aliphatic carbocycles. The van der Waals surface area contributed by atoms with E-state index in [1.54, 1.807) is 0 Å². The van der Waals surface area contributed by atoms with E-state index >= 15 is 0 Å². The summed E-state index contributed by atoms with van der Waals surface area (Å²) in [4.78, 5) is 16.5. The second kappa shape index (κ2) is 8.20. The van der Waals surface area contributed by atoms with Crippen LogP contribution in [0.2, 0.25) is 0 Å². The number of urea groups is 1. The Bertz CT molecular complexity index is 669. The molecular formula is C19H22BrN3O. The molecule has 1 fully saturated rings. The summed E-state index contributed by atoms with van der Waals surface area (Å²) in [5.74, 6) is 0. The SMILES string of the molecule is O=C(NCCc1ccccc1)N1CCN(c2ccccc2Br)CC1. The normalized spacial score (nSPS) is 14.5. The highest BCUT2D eigenvalue weighted by Gasteiger charge is 2.21. The number of halogens is 1. The van der Waals surface area contributed by atoms with Gasteiger partial charge in [-0.15, -0.1) is 0 Å². The highest BCUT2D eigenvalue weighted by molar-refractivity contribution is 9.10. The van der Waals surface area contributed by atoms with Crippen LogP contribution in [0.1, 0.15) is 5.56 Å². The number of amides is 2. The van der Waals surface area contributed by atoms with E-state index in [1.807, 2.05) is 35.2 Å². The second-order valence-corrected chi connectivity index (χ2v) is 6.75.